The molecule has 1 saturated heterocycles. The van der Waals surface area contributed by atoms with E-state index in [9.17, 15) is 0 Å². The summed E-state index contributed by atoms with van der Waals surface area (Å²) in [5.74, 6) is 2.70. The Hall–Kier alpha value is -2.79. The molecule has 1 aromatic heterocycles. The molecule has 1 aliphatic heterocycles. The van der Waals surface area contributed by atoms with Gasteiger partial charge in [0.05, 0.1) is 14.2 Å². The summed E-state index contributed by atoms with van der Waals surface area (Å²) in [5.41, 5.74) is 5.03. The summed E-state index contributed by atoms with van der Waals surface area (Å²) in [7, 11) is 3.42. The highest BCUT2D eigenvalue weighted by Gasteiger charge is 2.23. The fourth-order valence-electron chi connectivity index (χ4n) is 5.12. The van der Waals surface area contributed by atoms with Gasteiger partial charge in [-0.05, 0) is 61.4 Å². The van der Waals surface area contributed by atoms with Crippen molar-refractivity contribution in [3.05, 3.63) is 59.2 Å². The molecular formula is C26H31N3O2. The molecule has 2 heterocycles. The number of ether oxygens (including phenoxy) is 2. The number of fused-ring (bicyclic) bond motifs is 2. The highest BCUT2D eigenvalue weighted by atomic mass is 16.5. The molecule has 1 aliphatic carbocycles. The Balaban J connectivity index is 1.53. The molecule has 0 bridgehead atoms. The molecule has 5 rings (SSSR count). The van der Waals surface area contributed by atoms with E-state index in [0.29, 0.717) is 6.04 Å². The number of rotatable bonds is 6. The smallest absolute Gasteiger partial charge is 0.145 e. The molecule has 2 aromatic carbocycles. The van der Waals surface area contributed by atoms with Crippen molar-refractivity contribution in [3.63, 3.8) is 0 Å². The van der Waals surface area contributed by atoms with E-state index in [2.05, 4.69) is 40.5 Å². The maximum absolute atomic E-state index is 5.66. The largest absolute Gasteiger partial charge is 0.496 e. The number of hydrogen-bond donors (Lipinski definition) is 1. The Kier molecular flexibility index (Phi) is 5.68. The van der Waals surface area contributed by atoms with Crippen LogP contribution in [-0.2, 0) is 13.0 Å². The number of hydrogen-bond acceptors (Lipinski definition) is 5. The molecule has 31 heavy (non-hydrogen) atoms. The van der Waals surface area contributed by atoms with Gasteiger partial charge in [-0.25, -0.2) is 4.98 Å². The standard InChI is InChI=1S/C26H31N3O2/c1-30-23-12-13-24(31-2)25-21(23)16-19(26(28-25)29-14-5-6-15-29)17-27-22-11-7-9-18-8-3-4-10-20(18)22/h3-4,8,10,12-13,16,22,27H,5-7,9,11,14-15,17H2,1-2H3. The first kappa shape index (κ1) is 20.1. The van der Waals surface area contributed by atoms with Gasteiger partial charge in [0.15, 0.2) is 0 Å². The fourth-order valence-corrected chi connectivity index (χ4v) is 5.12. The minimum atomic E-state index is 0.388. The van der Waals surface area contributed by atoms with Gasteiger partial charge in [-0.15, -0.1) is 0 Å². The van der Waals surface area contributed by atoms with Crippen molar-refractivity contribution < 1.29 is 9.47 Å². The topological polar surface area (TPSA) is 46.6 Å². The van der Waals surface area contributed by atoms with Gasteiger partial charge < -0.3 is 19.7 Å². The van der Waals surface area contributed by atoms with Crippen LogP contribution in [0.4, 0.5) is 5.82 Å². The van der Waals surface area contributed by atoms with E-state index in [1.807, 2.05) is 12.1 Å². The molecule has 0 spiro atoms. The minimum Gasteiger partial charge on any atom is -0.496 e. The predicted octanol–water partition coefficient (Wildman–Crippen LogP) is 5.02. The van der Waals surface area contributed by atoms with Gasteiger partial charge in [-0.1, -0.05) is 24.3 Å². The van der Waals surface area contributed by atoms with Crippen LogP contribution in [0, 0.1) is 0 Å². The van der Waals surface area contributed by atoms with Crippen LogP contribution in [0.2, 0.25) is 0 Å². The number of pyridine rings is 1. The van der Waals surface area contributed by atoms with E-state index in [4.69, 9.17) is 14.5 Å². The zero-order valence-electron chi connectivity index (χ0n) is 18.5. The Morgan fingerprint density at radius 1 is 1.00 bits per heavy atom. The number of methoxy groups -OCH3 is 2. The van der Waals surface area contributed by atoms with E-state index in [1.165, 1.54) is 48.8 Å². The van der Waals surface area contributed by atoms with Crippen molar-refractivity contribution in [2.75, 3.05) is 32.2 Å². The molecule has 1 unspecified atom stereocenters. The van der Waals surface area contributed by atoms with Crippen LogP contribution in [0.3, 0.4) is 0 Å². The Bertz CT molecular complexity index is 1080. The van der Waals surface area contributed by atoms with Crippen molar-refractivity contribution in [2.24, 2.45) is 0 Å². The molecule has 1 atom stereocenters. The average molecular weight is 418 g/mol. The Morgan fingerprint density at radius 2 is 1.77 bits per heavy atom. The van der Waals surface area contributed by atoms with Gasteiger partial charge in [0, 0.05) is 36.6 Å². The summed E-state index contributed by atoms with van der Waals surface area (Å²) < 4.78 is 11.3. The van der Waals surface area contributed by atoms with Crippen molar-refractivity contribution in [1.82, 2.24) is 10.3 Å². The first-order valence-corrected chi connectivity index (χ1v) is 11.4. The summed E-state index contributed by atoms with van der Waals surface area (Å²) in [6, 6.07) is 15.4. The van der Waals surface area contributed by atoms with Gasteiger partial charge in [0.1, 0.15) is 22.8 Å². The number of aryl methyl sites for hydroxylation is 1. The molecule has 0 radical (unpaired) electrons. The maximum Gasteiger partial charge on any atom is 0.145 e. The van der Waals surface area contributed by atoms with E-state index in [-0.39, 0.29) is 0 Å². The van der Waals surface area contributed by atoms with E-state index in [1.54, 1.807) is 14.2 Å². The number of benzene rings is 2. The molecule has 5 nitrogen and oxygen atoms in total. The molecule has 1 fully saturated rings. The second kappa shape index (κ2) is 8.75. The number of anilines is 1. The number of nitrogens with zero attached hydrogens (tertiary/aromatic N) is 2. The van der Waals surface area contributed by atoms with E-state index >= 15 is 0 Å². The minimum absolute atomic E-state index is 0.388. The highest BCUT2D eigenvalue weighted by Crippen LogP contribution is 2.37. The maximum atomic E-state index is 5.66. The second-order valence-corrected chi connectivity index (χ2v) is 8.56. The molecule has 2 aliphatic rings. The molecule has 0 saturated carbocycles. The monoisotopic (exact) mass is 417 g/mol. The summed E-state index contributed by atoms with van der Waals surface area (Å²) in [4.78, 5) is 7.55. The zero-order chi connectivity index (χ0) is 21.2. The van der Waals surface area contributed by atoms with Crippen LogP contribution in [0.25, 0.3) is 10.9 Å². The Labute approximate surface area is 184 Å². The van der Waals surface area contributed by atoms with Crippen LogP contribution < -0.4 is 19.7 Å². The quantitative estimate of drug-likeness (QED) is 0.610. The third-order valence-corrected chi connectivity index (χ3v) is 6.72. The van der Waals surface area contributed by atoms with Gasteiger partial charge in [-0.3, -0.25) is 0 Å². The SMILES string of the molecule is COc1ccc(OC)c2nc(N3CCCC3)c(CNC3CCCc4ccccc43)cc12. The lowest BCUT2D eigenvalue weighted by atomic mass is 9.87. The van der Waals surface area contributed by atoms with Crippen molar-refractivity contribution in [1.29, 1.82) is 0 Å². The van der Waals surface area contributed by atoms with E-state index < -0.39 is 0 Å². The van der Waals surface area contributed by atoms with Crippen molar-refractivity contribution in [3.8, 4) is 11.5 Å². The van der Waals surface area contributed by atoms with Gasteiger partial charge in [0.2, 0.25) is 0 Å². The van der Waals surface area contributed by atoms with Crippen LogP contribution in [-0.4, -0.2) is 32.3 Å². The molecule has 5 heteroatoms. The third-order valence-electron chi connectivity index (χ3n) is 6.72. The first-order valence-electron chi connectivity index (χ1n) is 11.4. The second-order valence-electron chi connectivity index (χ2n) is 8.56. The van der Waals surface area contributed by atoms with Crippen LogP contribution in [0.1, 0.15) is 48.4 Å². The number of nitrogens with one attached hydrogen (secondary N) is 1. The molecular weight excluding hydrogens is 386 g/mol. The summed E-state index contributed by atoms with van der Waals surface area (Å²) in [6.07, 6.45) is 6.03. The van der Waals surface area contributed by atoms with E-state index in [0.717, 1.165) is 47.9 Å². The molecule has 3 aromatic rings. The number of aromatic nitrogens is 1. The normalized spacial score (nSPS) is 18.3. The van der Waals surface area contributed by atoms with Gasteiger partial charge in [-0.2, -0.15) is 0 Å². The summed E-state index contributed by atoms with van der Waals surface area (Å²) in [5, 5.41) is 4.86. The van der Waals surface area contributed by atoms with Gasteiger partial charge in [0.25, 0.3) is 0 Å². The van der Waals surface area contributed by atoms with Gasteiger partial charge >= 0.3 is 0 Å². The lowest BCUT2D eigenvalue weighted by Crippen LogP contribution is -2.27. The summed E-state index contributed by atoms with van der Waals surface area (Å²) in [6.45, 7) is 2.91. The lowest BCUT2D eigenvalue weighted by Gasteiger charge is -2.28. The molecule has 1 N–H and O–H groups in total. The fraction of sp³-hybridized carbons (Fsp3) is 0.423. The van der Waals surface area contributed by atoms with Crippen molar-refractivity contribution in [2.45, 2.75) is 44.7 Å². The average Bonchev–Trinajstić information content (AvgIpc) is 3.36. The third kappa shape index (κ3) is 3.83. The summed E-state index contributed by atoms with van der Waals surface area (Å²) >= 11 is 0. The van der Waals surface area contributed by atoms with Crippen LogP contribution >= 0.6 is 0 Å². The molecule has 0 amide bonds. The van der Waals surface area contributed by atoms with Crippen LogP contribution in [0.5, 0.6) is 11.5 Å². The van der Waals surface area contributed by atoms with Crippen molar-refractivity contribution >= 4 is 16.7 Å². The highest BCUT2D eigenvalue weighted by molar-refractivity contribution is 5.92. The van der Waals surface area contributed by atoms with Crippen LogP contribution in [0.15, 0.2) is 42.5 Å². The lowest BCUT2D eigenvalue weighted by molar-refractivity contribution is 0.409. The Morgan fingerprint density at radius 3 is 2.58 bits per heavy atom. The zero-order valence-corrected chi connectivity index (χ0v) is 18.5. The molecule has 162 valence electrons. The first-order chi connectivity index (χ1) is 15.3. The predicted molar refractivity (Wildman–Crippen MR) is 125 cm³/mol.